The Hall–Kier alpha value is -1.89. The highest BCUT2D eigenvalue weighted by Gasteiger charge is 2.22. The summed E-state index contributed by atoms with van der Waals surface area (Å²) in [5.74, 6) is -0.484. The Morgan fingerprint density at radius 1 is 1.29 bits per heavy atom. The van der Waals surface area contributed by atoms with Crippen LogP contribution in [0.3, 0.4) is 0 Å². The zero-order valence-corrected chi connectivity index (χ0v) is 13.8. The van der Waals surface area contributed by atoms with Gasteiger partial charge in [0.2, 0.25) is 10.0 Å². The second-order valence-corrected chi connectivity index (χ2v) is 6.99. The largest absolute Gasteiger partial charge is 0.271 e. The average Bonchev–Trinajstić information content (AvgIpc) is 2.36. The number of rotatable bonds is 5. The van der Waals surface area contributed by atoms with Crippen molar-refractivity contribution >= 4 is 27.3 Å². The smallest absolute Gasteiger partial charge is 0.260 e. The standard InChI is InChI=1S/C14H21N3O3S/c1-10(2)15-16-14(18)9-17(21(5,19)20)13-8-6-7-11(3)12(13)4/h6-8H,9H2,1-5H3,(H,16,18). The van der Waals surface area contributed by atoms with Crippen molar-refractivity contribution in [1.82, 2.24) is 5.43 Å². The minimum absolute atomic E-state index is 0.306. The fraction of sp³-hybridized carbons (Fsp3) is 0.429. The number of nitrogens with one attached hydrogen (secondary N) is 1. The third-order valence-corrected chi connectivity index (χ3v) is 4.06. The molecule has 1 amide bonds. The highest BCUT2D eigenvalue weighted by atomic mass is 32.2. The van der Waals surface area contributed by atoms with Crippen LogP contribution in [-0.2, 0) is 14.8 Å². The van der Waals surface area contributed by atoms with Crippen LogP contribution in [0.15, 0.2) is 23.3 Å². The Morgan fingerprint density at radius 3 is 2.43 bits per heavy atom. The van der Waals surface area contributed by atoms with Crippen LogP contribution in [0, 0.1) is 13.8 Å². The lowest BCUT2D eigenvalue weighted by Gasteiger charge is -2.24. The Bertz CT molecular complexity index is 662. The van der Waals surface area contributed by atoms with Crippen molar-refractivity contribution in [2.45, 2.75) is 27.7 Å². The van der Waals surface area contributed by atoms with E-state index in [4.69, 9.17) is 0 Å². The molecule has 1 aromatic rings. The zero-order valence-electron chi connectivity index (χ0n) is 13.0. The Balaban J connectivity index is 3.12. The van der Waals surface area contributed by atoms with Crippen LogP contribution in [-0.4, -0.2) is 32.8 Å². The van der Waals surface area contributed by atoms with Crippen molar-refractivity contribution in [2.24, 2.45) is 5.10 Å². The molecule has 0 spiro atoms. The van der Waals surface area contributed by atoms with E-state index in [9.17, 15) is 13.2 Å². The van der Waals surface area contributed by atoms with Gasteiger partial charge in [0, 0.05) is 5.71 Å². The monoisotopic (exact) mass is 311 g/mol. The van der Waals surface area contributed by atoms with Crippen molar-refractivity contribution in [3.05, 3.63) is 29.3 Å². The summed E-state index contributed by atoms with van der Waals surface area (Å²) in [5, 5.41) is 3.79. The molecular weight excluding hydrogens is 290 g/mol. The van der Waals surface area contributed by atoms with E-state index in [2.05, 4.69) is 10.5 Å². The number of hydrogen-bond acceptors (Lipinski definition) is 4. The van der Waals surface area contributed by atoms with Crippen molar-refractivity contribution in [1.29, 1.82) is 0 Å². The van der Waals surface area contributed by atoms with Crippen molar-refractivity contribution in [3.63, 3.8) is 0 Å². The summed E-state index contributed by atoms with van der Waals surface area (Å²) in [4.78, 5) is 11.8. The van der Waals surface area contributed by atoms with Gasteiger partial charge in [-0.15, -0.1) is 0 Å². The molecule has 0 unspecified atom stereocenters. The number of aryl methyl sites for hydroxylation is 1. The lowest BCUT2D eigenvalue weighted by atomic mass is 10.1. The van der Waals surface area contributed by atoms with E-state index in [1.54, 1.807) is 26.0 Å². The molecule has 0 radical (unpaired) electrons. The third kappa shape index (κ3) is 4.86. The van der Waals surface area contributed by atoms with Crippen molar-refractivity contribution in [3.8, 4) is 0 Å². The molecule has 0 saturated carbocycles. The van der Waals surface area contributed by atoms with Crippen molar-refractivity contribution < 1.29 is 13.2 Å². The first kappa shape index (κ1) is 17.2. The summed E-state index contributed by atoms with van der Waals surface area (Å²) in [5.41, 5.74) is 5.30. The molecule has 116 valence electrons. The quantitative estimate of drug-likeness (QED) is 0.662. The summed E-state index contributed by atoms with van der Waals surface area (Å²) < 4.78 is 25.0. The predicted octanol–water partition coefficient (Wildman–Crippen LogP) is 1.58. The molecule has 0 aliphatic rings. The number of hydrazone groups is 1. The first-order valence-corrected chi connectivity index (χ1v) is 8.31. The topological polar surface area (TPSA) is 78.8 Å². The maximum absolute atomic E-state index is 12.0. The van der Waals surface area contributed by atoms with Gasteiger partial charge in [-0.25, -0.2) is 13.8 Å². The van der Waals surface area contributed by atoms with Gasteiger partial charge in [-0.05, 0) is 44.9 Å². The third-order valence-electron chi connectivity index (χ3n) is 2.94. The number of carbonyl (C=O) groups excluding carboxylic acids is 1. The van der Waals surface area contributed by atoms with Crippen LogP contribution < -0.4 is 9.73 Å². The summed E-state index contributed by atoms with van der Waals surface area (Å²) in [6.45, 7) is 6.89. The highest BCUT2D eigenvalue weighted by molar-refractivity contribution is 7.92. The Morgan fingerprint density at radius 2 is 1.90 bits per heavy atom. The van der Waals surface area contributed by atoms with Gasteiger partial charge in [-0.2, -0.15) is 5.10 Å². The molecule has 0 aliphatic heterocycles. The number of hydrogen-bond donors (Lipinski definition) is 1. The van der Waals surface area contributed by atoms with E-state index in [0.717, 1.165) is 21.7 Å². The fourth-order valence-corrected chi connectivity index (χ4v) is 2.63. The molecule has 0 aliphatic carbocycles. The van der Waals surface area contributed by atoms with E-state index in [1.807, 2.05) is 19.9 Å². The van der Waals surface area contributed by atoms with Crippen LogP contribution in [0.25, 0.3) is 0 Å². The van der Waals surface area contributed by atoms with Gasteiger partial charge in [0.1, 0.15) is 6.54 Å². The second kappa shape index (κ2) is 6.71. The van der Waals surface area contributed by atoms with Gasteiger partial charge in [0.15, 0.2) is 0 Å². The molecule has 0 bridgehead atoms. The minimum Gasteiger partial charge on any atom is -0.271 e. The number of nitrogens with zero attached hydrogens (tertiary/aromatic N) is 2. The van der Waals surface area contributed by atoms with E-state index in [1.165, 1.54) is 0 Å². The molecule has 0 fully saturated rings. The van der Waals surface area contributed by atoms with Crippen LogP contribution >= 0.6 is 0 Å². The van der Waals surface area contributed by atoms with Gasteiger partial charge >= 0.3 is 0 Å². The molecular formula is C14H21N3O3S. The number of anilines is 1. The van der Waals surface area contributed by atoms with Crippen LogP contribution in [0.5, 0.6) is 0 Å². The fourth-order valence-electron chi connectivity index (χ4n) is 1.73. The predicted molar refractivity (Wildman–Crippen MR) is 85.0 cm³/mol. The normalized spacial score (nSPS) is 10.9. The van der Waals surface area contributed by atoms with Gasteiger partial charge in [0.05, 0.1) is 11.9 Å². The first-order chi connectivity index (χ1) is 9.62. The number of benzene rings is 1. The lowest BCUT2D eigenvalue weighted by Crippen LogP contribution is -2.39. The van der Waals surface area contributed by atoms with Gasteiger partial charge in [-0.3, -0.25) is 9.10 Å². The van der Waals surface area contributed by atoms with Gasteiger partial charge in [-0.1, -0.05) is 12.1 Å². The number of amides is 1. The van der Waals surface area contributed by atoms with Crippen LogP contribution in [0.4, 0.5) is 5.69 Å². The first-order valence-electron chi connectivity index (χ1n) is 6.46. The van der Waals surface area contributed by atoms with Gasteiger partial charge in [0.25, 0.3) is 5.91 Å². The van der Waals surface area contributed by atoms with Crippen LogP contribution in [0.2, 0.25) is 0 Å². The van der Waals surface area contributed by atoms with E-state index < -0.39 is 15.9 Å². The maximum Gasteiger partial charge on any atom is 0.260 e. The molecule has 6 nitrogen and oxygen atoms in total. The number of carbonyl (C=O) groups is 1. The molecule has 0 atom stereocenters. The molecule has 0 aromatic heterocycles. The minimum atomic E-state index is -3.57. The van der Waals surface area contributed by atoms with E-state index >= 15 is 0 Å². The summed E-state index contributed by atoms with van der Waals surface area (Å²) >= 11 is 0. The van der Waals surface area contributed by atoms with E-state index in [0.29, 0.717) is 11.4 Å². The molecule has 1 N–H and O–H groups in total. The van der Waals surface area contributed by atoms with Crippen molar-refractivity contribution in [2.75, 3.05) is 17.1 Å². The Kier molecular flexibility index (Phi) is 5.48. The Labute approximate surface area is 125 Å². The molecule has 21 heavy (non-hydrogen) atoms. The molecule has 1 aromatic carbocycles. The second-order valence-electron chi connectivity index (χ2n) is 5.08. The SMILES string of the molecule is CC(C)=NNC(=O)CN(c1cccc(C)c1C)S(C)(=O)=O. The lowest BCUT2D eigenvalue weighted by molar-refractivity contribution is -0.119. The van der Waals surface area contributed by atoms with E-state index in [-0.39, 0.29) is 6.54 Å². The maximum atomic E-state index is 12.0. The highest BCUT2D eigenvalue weighted by Crippen LogP contribution is 2.24. The summed E-state index contributed by atoms with van der Waals surface area (Å²) in [7, 11) is -3.57. The van der Waals surface area contributed by atoms with Crippen LogP contribution in [0.1, 0.15) is 25.0 Å². The molecule has 0 saturated heterocycles. The number of sulfonamides is 1. The summed E-state index contributed by atoms with van der Waals surface area (Å²) in [6.07, 6.45) is 1.08. The average molecular weight is 311 g/mol. The molecule has 1 rings (SSSR count). The van der Waals surface area contributed by atoms with Gasteiger partial charge < -0.3 is 0 Å². The zero-order chi connectivity index (χ0) is 16.2. The molecule has 7 heteroatoms. The molecule has 0 heterocycles. The summed E-state index contributed by atoms with van der Waals surface area (Å²) in [6, 6.07) is 5.34.